The fourth-order valence-corrected chi connectivity index (χ4v) is 0.313. The quantitative estimate of drug-likeness (QED) is 0.425. The number of hydrogen-bond acceptors (Lipinski definition) is 1. The minimum atomic E-state index is -6.00. The lowest BCUT2D eigenvalue weighted by molar-refractivity contribution is 0.368. The summed E-state index contributed by atoms with van der Waals surface area (Å²) in [4.78, 5) is 3.78. The summed E-state index contributed by atoms with van der Waals surface area (Å²) in [6.45, 7) is 0. The smallest absolute Gasteiger partial charge is 0.418 e. The second-order valence-electron chi connectivity index (χ2n) is 1.52. The van der Waals surface area contributed by atoms with Crippen LogP contribution in [0.1, 0.15) is 0 Å². The number of hydrogen-bond donors (Lipinski definition) is 0. The summed E-state index contributed by atoms with van der Waals surface area (Å²) in [6, 6.07) is 5.72. The molecule has 0 N–H and O–H groups in total. The van der Waals surface area contributed by atoms with E-state index in [1.807, 2.05) is 18.2 Å². The highest BCUT2D eigenvalue weighted by Crippen LogP contribution is 2.06. The largest absolute Gasteiger partial charge is 0.673 e. The van der Waals surface area contributed by atoms with Gasteiger partial charge in [-0.2, -0.15) is 0 Å². The van der Waals surface area contributed by atoms with Gasteiger partial charge in [0, 0.05) is 12.4 Å². The molecule has 0 saturated carbocycles. The number of aromatic nitrogens is 1. The monoisotopic (exact) mass is 166 g/mol. The van der Waals surface area contributed by atoms with Crippen molar-refractivity contribution in [1.29, 1.82) is 0 Å². The maximum atomic E-state index is 9.75. The van der Waals surface area contributed by atoms with Crippen molar-refractivity contribution in [2.45, 2.75) is 0 Å². The maximum Gasteiger partial charge on any atom is 0.673 e. The molecule has 1 nitrogen and oxygen atoms in total. The second kappa shape index (κ2) is 4.70. The summed E-state index contributed by atoms with van der Waals surface area (Å²) in [5.74, 6) is 0. The van der Waals surface area contributed by atoms with Gasteiger partial charge in [-0.25, -0.2) is 0 Å². The van der Waals surface area contributed by atoms with Gasteiger partial charge in [-0.15, -0.1) is 0 Å². The van der Waals surface area contributed by atoms with Gasteiger partial charge in [-0.05, 0) is 12.1 Å². The first-order valence-corrected chi connectivity index (χ1v) is 2.72. The molecule has 11 heavy (non-hydrogen) atoms. The van der Waals surface area contributed by atoms with E-state index >= 15 is 0 Å². The van der Waals surface area contributed by atoms with Crippen LogP contribution in [0.25, 0.3) is 0 Å². The average molecular weight is 166 g/mol. The lowest BCUT2D eigenvalue weighted by atomic mass is 10.3. The molecule has 0 bridgehead atoms. The van der Waals surface area contributed by atoms with Crippen molar-refractivity contribution in [3.05, 3.63) is 30.6 Å². The molecule has 0 unspecified atom stereocenters. The van der Waals surface area contributed by atoms with Gasteiger partial charge in [0.2, 0.25) is 0 Å². The van der Waals surface area contributed by atoms with Crippen LogP contribution < -0.4 is 0 Å². The molecule has 0 aromatic carbocycles. The van der Waals surface area contributed by atoms with Gasteiger partial charge < -0.3 is 17.3 Å². The molecule has 1 heterocycles. The Kier molecular flexibility index (Phi) is 4.25. The molecule has 0 aliphatic heterocycles. The Morgan fingerprint density at radius 2 is 1.18 bits per heavy atom. The highest BCUT2D eigenvalue weighted by atomic mass is 19.5. The molecule has 1 aromatic heterocycles. The number of pyridine rings is 1. The first-order valence-electron chi connectivity index (χ1n) is 2.72. The predicted octanol–water partition coefficient (Wildman–Crippen LogP) is 2.38. The molecule has 1 rings (SSSR count). The van der Waals surface area contributed by atoms with Gasteiger partial charge in [-0.1, -0.05) is 6.07 Å². The summed E-state index contributed by atoms with van der Waals surface area (Å²) in [7, 11) is -6.00. The van der Waals surface area contributed by atoms with E-state index in [2.05, 4.69) is 4.98 Å². The van der Waals surface area contributed by atoms with E-state index in [0.29, 0.717) is 0 Å². The van der Waals surface area contributed by atoms with Crippen LogP contribution >= 0.6 is 0 Å². The van der Waals surface area contributed by atoms with E-state index < -0.39 is 7.25 Å². The minimum Gasteiger partial charge on any atom is -0.418 e. The predicted molar refractivity (Wildman–Crippen MR) is 34.4 cm³/mol. The van der Waals surface area contributed by atoms with Crippen molar-refractivity contribution >= 4 is 7.25 Å². The van der Waals surface area contributed by atoms with E-state index in [1.54, 1.807) is 12.4 Å². The van der Waals surface area contributed by atoms with Gasteiger partial charge in [0.05, 0.1) is 0 Å². The zero-order chi connectivity index (χ0) is 8.74. The molecule has 1 aromatic rings. The van der Waals surface area contributed by atoms with Crippen LogP contribution in [0.5, 0.6) is 0 Å². The molecule has 0 aliphatic carbocycles. The number of halogens is 4. The van der Waals surface area contributed by atoms with Crippen molar-refractivity contribution in [1.82, 2.24) is 4.98 Å². The van der Waals surface area contributed by atoms with E-state index in [-0.39, 0.29) is 0 Å². The van der Waals surface area contributed by atoms with Gasteiger partial charge in [-0.3, -0.25) is 4.98 Å². The van der Waals surface area contributed by atoms with Gasteiger partial charge in [0.25, 0.3) is 0 Å². The summed E-state index contributed by atoms with van der Waals surface area (Å²) >= 11 is 0. The third-order valence-corrected chi connectivity index (χ3v) is 0.566. The molecule has 0 amide bonds. The first-order chi connectivity index (χ1) is 5.00. The summed E-state index contributed by atoms with van der Waals surface area (Å²) < 4.78 is 39.0. The minimum absolute atomic E-state index is 1.75. The molecule has 62 valence electrons. The van der Waals surface area contributed by atoms with Crippen molar-refractivity contribution in [3.8, 4) is 0 Å². The molecular weight excluding hydrogens is 161 g/mol. The SMILES string of the molecule is F[B-](F)(F)F.c1ccncc1. The van der Waals surface area contributed by atoms with Crippen molar-refractivity contribution in [2.24, 2.45) is 0 Å². The first kappa shape index (κ1) is 9.93. The van der Waals surface area contributed by atoms with Crippen molar-refractivity contribution in [3.63, 3.8) is 0 Å². The molecule has 0 fully saturated rings. The molecule has 0 atom stereocenters. The lowest BCUT2D eigenvalue weighted by Crippen LogP contribution is -2.02. The molecule has 0 saturated heterocycles. The fraction of sp³-hybridized carbons (Fsp3) is 0. The zero-order valence-corrected chi connectivity index (χ0v) is 5.42. The molecule has 0 aliphatic rings. The number of nitrogens with zero attached hydrogens (tertiary/aromatic N) is 1. The van der Waals surface area contributed by atoms with Crippen LogP contribution in [-0.2, 0) is 0 Å². The Morgan fingerprint density at radius 1 is 0.818 bits per heavy atom. The highest BCUT2D eigenvalue weighted by molar-refractivity contribution is 6.50. The normalized spacial score (nSPS) is 9.82. The van der Waals surface area contributed by atoms with E-state index in [4.69, 9.17) is 0 Å². The van der Waals surface area contributed by atoms with Crippen molar-refractivity contribution < 1.29 is 17.3 Å². The van der Waals surface area contributed by atoms with Crippen LogP contribution in [0.4, 0.5) is 17.3 Å². The number of rotatable bonds is 0. The van der Waals surface area contributed by atoms with Gasteiger partial charge >= 0.3 is 7.25 Å². The lowest BCUT2D eigenvalue weighted by Gasteiger charge is -1.94. The van der Waals surface area contributed by atoms with Gasteiger partial charge in [0.1, 0.15) is 0 Å². The summed E-state index contributed by atoms with van der Waals surface area (Å²) in [5, 5.41) is 0. The molecule has 6 heteroatoms. The maximum absolute atomic E-state index is 9.75. The van der Waals surface area contributed by atoms with Crippen LogP contribution in [0.15, 0.2) is 30.6 Å². The van der Waals surface area contributed by atoms with Crippen molar-refractivity contribution in [2.75, 3.05) is 0 Å². The Hall–Kier alpha value is -1.07. The topological polar surface area (TPSA) is 12.9 Å². The molecule has 0 spiro atoms. The van der Waals surface area contributed by atoms with Crippen LogP contribution in [0, 0.1) is 0 Å². The molecular formula is C5H5BF4N-. The Labute approximate surface area is 61.2 Å². The average Bonchev–Trinajstić information content (AvgIpc) is 1.88. The summed E-state index contributed by atoms with van der Waals surface area (Å²) in [5.41, 5.74) is 0. The second-order valence-corrected chi connectivity index (χ2v) is 1.52. The molecule has 0 radical (unpaired) electrons. The third-order valence-electron chi connectivity index (χ3n) is 0.566. The van der Waals surface area contributed by atoms with E-state index in [0.717, 1.165) is 0 Å². The zero-order valence-electron chi connectivity index (χ0n) is 5.42. The van der Waals surface area contributed by atoms with Crippen LogP contribution in [0.3, 0.4) is 0 Å². The Bertz CT molecular complexity index is 143. The van der Waals surface area contributed by atoms with Crippen LogP contribution in [0.2, 0.25) is 0 Å². The van der Waals surface area contributed by atoms with Gasteiger partial charge in [0.15, 0.2) is 0 Å². The van der Waals surface area contributed by atoms with E-state index in [1.165, 1.54) is 0 Å². The highest BCUT2D eigenvalue weighted by Gasteiger charge is 2.20. The third kappa shape index (κ3) is 17.6. The summed E-state index contributed by atoms with van der Waals surface area (Å²) in [6.07, 6.45) is 3.50. The standard InChI is InChI=1S/C5H5N.BF4/c1-2-4-6-5-3-1;2-1(3,4)5/h1-5H;/q;-1. The Morgan fingerprint density at radius 3 is 1.27 bits per heavy atom. The van der Waals surface area contributed by atoms with Crippen LogP contribution in [-0.4, -0.2) is 12.2 Å². The fourth-order valence-electron chi connectivity index (χ4n) is 0.313. The van der Waals surface area contributed by atoms with E-state index in [9.17, 15) is 17.3 Å². The Balaban J connectivity index is 0.000000187.